The van der Waals surface area contributed by atoms with E-state index in [0.717, 1.165) is 89.9 Å². The fourth-order valence-corrected chi connectivity index (χ4v) is 8.52. The van der Waals surface area contributed by atoms with Crippen LogP contribution < -0.4 is 4.89 Å². The van der Waals surface area contributed by atoms with Crippen molar-refractivity contribution in [2.45, 2.75) is 238 Å². The number of phosphoric ester groups is 1. The van der Waals surface area contributed by atoms with E-state index in [-0.39, 0.29) is 26.1 Å². The van der Waals surface area contributed by atoms with Gasteiger partial charge in [-0.25, -0.2) is 0 Å². The predicted octanol–water partition coefficient (Wildman–Crippen LogP) is 18.0. The van der Waals surface area contributed by atoms with E-state index in [4.69, 9.17) is 18.5 Å². The lowest BCUT2D eigenvalue weighted by Gasteiger charge is -2.28. The molecular formula is C64H110NO8P. The average molecular weight is 1050 g/mol. The largest absolute Gasteiger partial charge is 0.756 e. The van der Waals surface area contributed by atoms with Crippen LogP contribution in [0.3, 0.4) is 0 Å². The highest BCUT2D eigenvalue weighted by atomic mass is 31.2. The molecule has 0 fully saturated rings. The minimum atomic E-state index is -4.65. The van der Waals surface area contributed by atoms with Crippen molar-refractivity contribution >= 4 is 19.8 Å². The quantitative estimate of drug-likeness (QED) is 0.0195. The summed E-state index contributed by atoms with van der Waals surface area (Å²) in [6.07, 6.45) is 75.9. The first-order valence-electron chi connectivity index (χ1n) is 29.6. The summed E-state index contributed by atoms with van der Waals surface area (Å²) in [7, 11) is 1.14. The first-order chi connectivity index (χ1) is 36.0. The Morgan fingerprint density at radius 1 is 0.419 bits per heavy atom. The summed E-state index contributed by atoms with van der Waals surface area (Å²) in [6.45, 7) is 3.96. The third kappa shape index (κ3) is 57.9. The molecular weight excluding hydrogens is 942 g/mol. The molecule has 0 aliphatic heterocycles. The second kappa shape index (κ2) is 54.5. The van der Waals surface area contributed by atoms with Gasteiger partial charge < -0.3 is 27.9 Å². The molecule has 0 bridgehead atoms. The van der Waals surface area contributed by atoms with Crippen molar-refractivity contribution in [1.82, 2.24) is 0 Å². The molecule has 2 atom stereocenters. The van der Waals surface area contributed by atoms with Gasteiger partial charge in [0.05, 0.1) is 27.7 Å². The van der Waals surface area contributed by atoms with E-state index in [1.807, 2.05) is 21.1 Å². The molecule has 0 aliphatic carbocycles. The number of likely N-dealkylation sites (N-methyl/N-ethyl adjacent to an activating group) is 1. The lowest BCUT2D eigenvalue weighted by Crippen LogP contribution is -2.37. The Hall–Kier alpha value is -3.33. The normalized spacial score (nSPS) is 14.1. The van der Waals surface area contributed by atoms with Crippen LogP contribution in [0, 0.1) is 0 Å². The van der Waals surface area contributed by atoms with E-state index in [2.05, 4.69) is 123 Å². The van der Waals surface area contributed by atoms with Crippen LogP contribution in [0.25, 0.3) is 0 Å². The summed E-state index contributed by atoms with van der Waals surface area (Å²) < 4.78 is 34.1. The third-order valence-corrected chi connectivity index (χ3v) is 13.3. The highest BCUT2D eigenvalue weighted by Crippen LogP contribution is 2.38. The molecule has 0 N–H and O–H groups in total. The molecule has 0 saturated carbocycles. The number of quaternary nitrogens is 1. The zero-order valence-corrected chi connectivity index (χ0v) is 48.9. The minimum Gasteiger partial charge on any atom is -0.756 e. The maximum Gasteiger partial charge on any atom is 0.306 e. The standard InChI is InChI=1S/C64H110NO8P/c1-6-8-10-12-14-16-18-20-22-23-24-25-26-27-28-29-30-31-32-33-34-35-36-37-38-39-40-41-43-45-47-49-51-53-55-57-64(67)73-62(61-72-74(68,69)71-59-58-65(3,4)5)60-70-63(66)56-54-52-50-48-46-44-42-21-19-17-15-13-11-9-7-2/h8-11,14-17,20-22,24-25,27-28,42,46,48,62H,6-7,12-13,18-19,23,26,29-41,43-45,47,49-61H2,1-5H3/b10-8-,11-9-,16-14-,17-15-,22-20-,25-24-,28-27-,42-21-,48-46-. The van der Waals surface area contributed by atoms with Gasteiger partial charge in [0.1, 0.15) is 19.8 Å². The first-order valence-corrected chi connectivity index (χ1v) is 31.1. The summed E-state index contributed by atoms with van der Waals surface area (Å²) in [5.41, 5.74) is 0. The molecule has 0 aromatic heterocycles. The molecule has 0 amide bonds. The van der Waals surface area contributed by atoms with Crippen LogP contribution in [0.5, 0.6) is 0 Å². The number of allylic oxidation sites excluding steroid dienone is 18. The summed E-state index contributed by atoms with van der Waals surface area (Å²) in [5.74, 6) is -0.883. The fourth-order valence-electron chi connectivity index (χ4n) is 7.79. The van der Waals surface area contributed by atoms with Gasteiger partial charge in [-0.05, 0) is 96.3 Å². The van der Waals surface area contributed by atoms with Gasteiger partial charge in [0.2, 0.25) is 0 Å². The maximum absolute atomic E-state index is 12.8. The highest BCUT2D eigenvalue weighted by Gasteiger charge is 2.21. The molecule has 0 saturated heterocycles. The Morgan fingerprint density at radius 3 is 1.11 bits per heavy atom. The van der Waals surface area contributed by atoms with Gasteiger partial charge in [-0.3, -0.25) is 14.2 Å². The lowest BCUT2D eigenvalue weighted by molar-refractivity contribution is -0.870. The molecule has 0 spiro atoms. The van der Waals surface area contributed by atoms with E-state index in [1.54, 1.807) is 0 Å². The van der Waals surface area contributed by atoms with E-state index in [0.29, 0.717) is 23.9 Å². The van der Waals surface area contributed by atoms with Gasteiger partial charge in [-0.2, -0.15) is 0 Å². The molecule has 424 valence electrons. The third-order valence-electron chi connectivity index (χ3n) is 12.3. The number of phosphoric acid groups is 1. The Labute approximate surface area is 455 Å². The van der Waals surface area contributed by atoms with Crippen molar-refractivity contribution in [2.75, 3.05) is 47.5 Å². The second-order valence-corrected chi connectivity index (χ2v) is 22.0. The number of ether oxygens (including phenoxy) is 2. The van der Waals surface area contributed by atoms with Gasteiger partial charge in [0.25, 0.3) is 7.82 Å². The molecule has 0 rings (SSSR count). The number of hydrogen-bond acceptors (Lipinski definition) is 8. The Kier molecular flexibility index (Phi) is 52.0. The predicted molar refractivity (Wildman–Crippen MR) is 314 cm³/mol. The van der Waals surface area contributed by atoms with E-state index >= 15 is 0 Å². The highest BCUT2D eigenvalue weighted by molar-refractivity contribution is 7.45. The van der Waals surface area contributed by atoms with Crippen molar-refractivity contribution in [3.63, 3.8) is 0 Å². The van der Waals surface area contributed by atoms with Crippen LogP contribution in [0.1, 0.15) is 232 Å². The van der Waals surface area contributed by atoms with Crippen molar-refractivity contribution in [2.24, 2.45) is 0 Å². The van der Waals surface area contributed by atoms with Gasteiger partial charge in [0.15, 0.2) is 6.10 Å². The number of nitrogens with zero attached hydrogens (tertiary/aromatic N) is 1. The molecule has 9 nitrogen and oxygen atoms in total. The molecule has 0 aliphatic rings. The smallest absolute Gasteiger partial charge is 0.306 e. The molecule has 2 unspecified atom stereocenters. The van der Waals surface area contributed by atoms with Crippen molar-refractivity contribution in [3.05, 3.63) is 109 Å². The monoisotopic (exact) mass is 1050 g/mol. The number of hydrogen-bond donors (Lipinski definition) is 0. The summed E-state index contributed by atoms with van der Waals surface area (Å²) in [4.78, 5) is 37.8. The summed E-state index contributed by atoms with van der Waals surface area (Å²) in [6, 6.07) is 0. The molecule has 0 aromatic carbocycles. The number of carbonyl (C=O) groups is 2. The van der Waals surface area contributed by atoms with Crippen LogP contribution in [0.4, 0.5) is 0 Å². The lowest BCUT2D eigenvalue weighted by atomic mass is 10.0. The molecule has 74 heavy (non-hydrogen) atoms. The maximum atomic E-state index is 12.8. The Morgan fingerprint density at radius 2 is 0.730 bits per heavy atom. The second-order valence-electron chi connectivity index (χ2n) is 20.6. The Balaban J connectivity index is 4.05. The van der Waals surface area contributed by atoms with Crippen LogP contribution >= 0.6 is 7.82 Å². The minimum absolute atomic E-state index is 0.0412. The van der Waals surface area contributed by atoms with Crippen molar-refractivity contribution in [3.8, 4) is 0 Å². The molecule has 0 radical (unpaired) electrons. The van der Waals surface area contributed by atoms with Crippen molar-refractivity contribution < 1.29 is 42.1 Å². The number of unbranched alkanes of at least 4 members (excludes halogenated alkanes) is 21. The van der Waals surface area contributed by atoms with Crippen LogP contribution in [-0.2, 0) is 32.7 Å². The van der Waals surface area contributed by atoms with Gasteiger partial charge in [0, 0.05) is 12.8 Å². The van der Waals surface area contributed by atoms with E-state index in [9.17, 15) is 19.0 Å². The van der Waals surface area contributed by atoms with Gasteiger partial charge in [-0.1, -0.05) is 232 Å². The zero-order chi connectivity index (χ0) is 54.2. The topological polar surface area (TPSA) is 111 Å². The average Bonchev–Trinajstić information content (AvgIpc) is 3.36. The van der Waals surface area contributed by atoms with E-state index < -0.39 is 32.5 Å². The zero-order valence-electron chi connectivity index (χ0n) is 48.0. The summed E-state index contributed by atoms with van der Waals surface area (Å²) in [5, 5.41) is 0. The van der Waals surface area contributed by atoms with Crippen LogP contribution in [0.15, 0.2) is 109 Å². The first kappa shape index (κ1) is 70.7. The number of rotatable bonds is 53. The van der Waals surface area contributed by atoms with Gasteiger partial charge in [-0.15, -0.1) is 0 Å². The molecule has 0 heterocycles. The summed E-state index contributed by atoms with van der Waals surface area (Å²) >= 11 is 0. The number of esters is 2. The van der Waals surface area contributed by atoms with Crippen LogP contribution in [0.2, 0.25) is 0 Å². The SMILES string of the molecule is CC/C=C\C/C=C\C/C=C\C/C=C\C/C=C\CCCCCCCCCCCCCCCCCCCCCC(=O)OC(COC(=O)CCCC/C=C\C/C=C\C/C=C\C/C=C\CC)COP(=O)([O-])OCC[N+](C)(C)C. The number of carbonyl (C=O) groups excluding carboxylic acids is 2. The molecule has 0 aromatic rings. The van der Waals surface area contributed by atoms with E-state index in [1.165, 1.54) is 103 Å². The van der Waals surface area contributed by atoms with Crippen molar-refractivity contribution in [1.29, 1.82) is 0 Å². The van der Waals surface area contributed by atoms with Crippen LogP contribution in [-0.4, -0.2) is 70.0 Å². The fraction of sp³-hybridized carbons (Fsp3) is 0.688. The van der Waals surface area contributed by atoms with Gasteiger partial charge >= 0.3 is 11.9 Å². The molecule has 10 heteroatoms. The Bertz CT molecular complexity index is 1620.